The highest BCUT2D eigenvalue weighted by Crippen LogP contribution is 2.22. The molecule has 1 aromatic carbocycles. The number of nitrogens with zero attached hydrogens (tertiary/aromatic N) is 2. The van der Waals surface area contributed by atoms with Crippen molar-refractivity contribution in [1.29, 1.82) is 0 Å². The Bertz CT molecular complexity index is 608. The van der Waals surface area contributed by atoms with E-state index in [4.69, 9.17) is 5.21 Å². The third-order valence-corrected chi connectivity index (χ3v) is 4.35. The number of nitrogens with one attached hydrogen (secondary N) is 2. The molecule has 3 N–H and O–H groups in total. The number of rotatable bonds is 9. The van der Waals surface area contributed by atoms with Gasteiger partial charge in [0.25, 0.3) is 0 Å². The van der Waals surface area contributed by atoms with Gasteiger partial charge in [-0.1, -0.05) is 31.0 Å². The van der Waals surface area contributed by atoms with E-state index in [0.717, 1.165) is 37.9 Å². The second kappa shape index (κ2) is 9.84. The van der Waals surface area contributed by atoms with Crippen molar-refractivity contribution in [2.24, 2.45) is 4.99 Å². The average molecular weight is 344 g/mol. The van der Waals surface area contributed by atoms with E-state index < -0.39 is 0 Å². The van der Waals surface area contributed by atoms with Gasteiger partial charge in [-0.25, -0.2) is 10.5 Å². The molecule has 0 aromatic heterocycles. The first-order valence-electron chi connectivity index (χ1n) is 8.83. The molecule has 0 fully saturated rings. The molecule has 0 radical (unpaired) electrons. The summed E-state index contributed by atoms with van der Waals surface area (Å²) in [5.74, 6) is -0.314. The van der Waals surface area contributed by atoms with Gasteiger partial charge in [0.2, 0.25) is 5.91 Å². The lowest BCUT2D eigenvalue weighted by atomic mass is 10.1. The van der Waals surface area contributed by atoms with Crippen molar-refractivity contribution in [2.45, 2.75) is 52.2 Å². The quantitative estimate of drug-likeness (QED) is 0.365. The number of unbranched alkanes of at least 4 members (excludes halogenated alkanes) is 3. The fourth-order valence-corrected chi connectivity index (χ4v) is 2.93. The average Bonchev–Trinajstić information content (AvgIpc) is 2.62. The van der Waals surface area contributed by atoms with Crippen LogP contribution in [0.4, 0.5) is 5.69 Å². The van der Waals surface area contributed by atoms with Crippen molar-refractivity contribution in [3.8, 4) is 0 Å². The maximum Gasteiger partial charge on any atom is 0.243 e. The van der Waals surface area contributed by atoms with Crippen LogP contribution in [0, 0.1) is 13.8 Å². The first kappa shape index (κ1) is 19.0. The molecule has 2 rings (SSSR count). The number of aliphatic imine (C=N–C) groups is 1. The lowest BCUT2D eigenvalue weighted by molar-refractivity contribution is -0.129. The molecular formula is C19H28N4O2. The van der Waals surface area contributed by atoms with Crippen LogP contribution in [-0.4, -0.2) is 35.1 Å². The van der Waals surface area contributed by atoms with Gasteiger partial charge in [0.1, 0.15) is 0 Å². The third-order valence-electron chi connectivity index (χ3n) is 4.35. The van der Waals surface area contributed by atoms with Crippen molar-refractivity contribution in [3.63, 3.8) is 0 Å². The van der Waals surface area contributed by atoms with Crippen molar-refractivity contribution in [3.05, 3.63) is 41.6 Å². The van der Waals surface area contributed by atoms with E-state index in [1.807, 2.05) is 12.3 Å². The van der Waals surface area contributed by atoms with Gasteiger partial charge in [-0.05, 0) is 43.9 Å². The van der Waals surface area contributed by atoms with Crippen LogP contribution in [0.1, 0.15) is 43.2 Å². The van der Waals surface area contributed by atoms with Crippen molar-refractivity contribution in [1.82, 2.24) is 10.4 Å². The summed E-state index contributed by atoms with van der Waals surface area (Å²) in [5.41, 5.74) is 5.23. The highest BCUT2D eigenvalue weighted by molar-refractivity contribution is 5.74. The van der Waals surface area contributed by atoms with E-state index in [1.54, 1.807) is 5.48 Å². The van der Waals surface area contributed by atoms with Gasteiger partial charge in [0.15, 0.2) is 6.29 Å². The summed E-state index contributed by atoms with van der Waals surface area (Å²) in [6, 6.07) is 6.27. The lowest BCUT2D eigenvalue weighted by Crippen LogP contribution is -2.38. The molecule has 1 atom stereocenters. The van der Waals surface area contributed by atoms with Crippen LogP contribution in [0.2, 0.25) is 0 Å². The van der Waals surface area contributed by atoms with Gasteiger partial charge in [-0.15, -0.1) is 0 Å². The molecule has 0 bridgehead atoms. The number of carbonyl (C=O) groups excluding carboxylic acids is 1. The summed E-state index contributed by atoms with van der Waals surface area (Å²) in [6.07, 6.45) is 9.98. The van der Waals surface area contributed by atoms with Crippen LogP contribution in [0.3, 0.4) is 0 Å². The van der Waals surface area contributed by atoms with Crippen molar-refractivity contribution >= 4 is 17.8 Å². The fourth-order valence-electron chi connectivity index (χ4n) is 2.93. The standard InChI is InChI=1S/C19H28N4O2/c1-15-9-7-10-16(2)18(15)21-19-20-12-8-14-23(19)13-6-4-3-5-11-17(24)22-25/h7-10,12,14,19,21,25H,3-6,11,13H2,1-2H3,(H,22,24). The molecule has 1 aliphatic heterocycles. The molecule has 0 saturated carbocycles. The van der Waals surface area contributed by atoms with E-state index in [9.17, 15) is 4.79 Å². The van der Waals surface area contributed by atoms with E-state index in [-0.39, 0.29) is 12.2 Å². The zero-order chi connectivity index (χ0) is 18.1. The summed E-state index contributed by atoms with van der Waals surface area (Å²) in [6.45, 7) is 5.11. The normalized spacial score (nSPS) is 16.1. The molecule has 6 nitrogen and oxygen atoms in total. The van der Waals surface area contributed by atoms with Crippen molar-refractivity contribution < 1.29 is 10.0 Å². The number of hydroxylamine groups is 1. The van der Waals surface area contributed by atoms with Gasteiger partial charge in [0.05, 0.1) is 0 Å². The first-order chi connectivity index (χ1) is 12.1. The van der Waals surface area contributed by atoms with Gasteiger partial charge in [-0.3, -0.25) is 10.0 Å². The second-order valence-electron chi connectivity index (χ2n) is 6.36. The molecule has 1 aromatic rings. The SMILES string of the molecule is Cc1cccc(C)c1NC1N=CC=CN1CCCCCCC(=O)NO. The van der Waals surface area contributed by atoms with Crippen LogP contribution >= 0.6 is 0 Å². The number of para-hydroxylation sites is 1. The third kappa shape index (κ3) is 5.90. The van der Waals surface area contributed by atoms with Crippen molar-refractivity contribution in [2.75, 3.05) is 11.9 Å². The number of hydrogen-bond acceptors (Lipinski definition) is 5. The minimum Gasteiger partial charge on any atom is -0.346 e. The largest absolute Gasteiger partial charge is 0.346 e. The molecule has 1 aliphatic rings. The molecule has 1 heterocycles. The topological polar surface area (TPSA) is 77.0 Å². The Morgan fingerprint density at radius 1 is 1.20 bits per heavy atom. The van der Waals surface area contributed by atoms with E-state index in [0.29, 0.717) is 6.42 Å². The number of amides is 1. The Labute approximate surface area is 149 Å². The molecule has 1 unspecified atom stereocenters. The molecule has 136 valence electrons. The maximum absolute atomic E-state index is 11.0. The van der Waals surface area contributed by atoms with Gasteiger partial charge in [0, 0.05) is 31.1 Å². The van der Waals surface area contributed by atoms with Gasteiger partial charge < -0.3 is 10.2 Å². The van der Waals surface area contributed by atoms with E-state index in [2.05, 4.69) is 53.5 Å². The number of allylic oxidation sites excluding steroid dienone is 1. The number of hydrogen-bond donors (Lipinski definition) is 3. The summed E-state index contributed by atoms with van der Waals surface area (Å²) in [4.78, 5) is 17.7. The molecule has 6 heteroatoms. The Morgan fingerprint density at radius 2 is 1.92 bits per heavy atom. The number of benzene rings is 1. The summed E-state index contributed by atoms with van der Waals surface area (Å²) < 4.78 is 0. The van der Waals surface area contributed by atoms with Gasteiger partial charge in [-0.2, -0.15) is 0 Å². The minimum absolute atomic E-state index is 0.0926. The Kier molecular flexibility index (Phi) is 7.47. The van der Waals surface area contributed by atoms with Crippen LogP contribution < -0.4 is 10.8 Å². The Balaban J connectivity index is 1.80. The fraction of sp³-hybridized carbons (Fsp3) is 0.474. The highest BCUT2D eigenvalue weighted by Gasteiger charge is 2.16. The maximum atomic E-state index is 11.0. The Hall–Kier alpha value is -2.34. The smallest absolute Gasteiger partial charge is 0.243 e. The van der Waals surface area contributed by atoms with E-state index >= 15 is 0 Å². The second-order valence-corrected chi connectivity index (χ2v) is 6.36. The minimum atomic E-state index is -0.314. The van der Waals surface area contributed by atoms with Crippen LogP contribution in [0.5, 0.6) is 0 Å². The predicted octanol–water partition coefficient (Wildman–Crippen LogP) is 3.35. The summed E-state index contributed by atoms with van der Waals surface area (Å²) in [5, 5.41) is 12.0. The molecule has 0 aliphatic carbocycles. The predicted molar refractivity (Wildman–Crippen MR) is 101 cm³/mol. The summed E-state index contributed by atoms with van der Waals surface area (Å²) >= 11 is 0. The van der Waals surface area contributed by atoms with Crippen LogP contribution in [0.15, 0.2) is 35.5 Å². The molecule has 25 heavy (non-hydrogen) atoms. The zero-order valence-electron chi connectivity index (χ0n) is 15.0. The molecular weight excluding hydrogens is 316 g/mol. The van der Waals surface area contributed by atoms with Gasteiger partial charge >= 0.3 is 0 Å². The molecule has 1 amide bonds. The van der Waals surface area contributed by atoms with Crippen LogP contribution in [-0.2, 0) is 4.79 Å². The van der Waals surface area contributed by atoms with E-state index in [1.165, 1.54) is 11.1 Å². The number of aryl methyl sites for hydroxylation is 2. The first-order valence-corrected chi connectivity index (χ1v) is 8.83. The molecule has 0 saturated heterocycles. The lowest BCUT2D eigenvalue weighted by Gasteiger charge is -2.31. The monoisotopic (exact) mass is 344 g/mol. The number of anilines is 1. The summed E-state index contributed by atoms with van der Waals surface area (Å²) in [7, 11) is 0. The number of carbonyl (C=O) groups is 1. The molecule has 0 spiro atoms. The van der Waals surface area contributed by atoms with Crippen LogP contribution in [0.25, 0.3) is 0 Å². The zero-order valence-corrected chi connectivity index (χ0v) is 15.0. The Morgan fingerprint density at radius 3 is 2.64 bits per heavy atom. The highest BCUT2D eigenvalue weighted by atomic mass is 16.5.